The molecule has 0 unspecified atom stereocenters. The molecule has 0 heterocycles. The Labute approximate surface area is 134 Å². The van der Waals surface area contributed by atoms with Gasteiger partial charge in [-0.1, -0.05) is 12.1 Å². The maximum Gasteiger partial charge on any atom is 0.328 e. The Morgan fingerprint density at radius 3 is 2.52 bits per heavy atom. The molecule has 0 aliphatic rings. The van der Waals surface area contributed by atoms with E-state index in [9.17, 15) is 14.4 Å². The number of methoxy groups -OCH3 is 1. The van der Waals surface area contributed by atoms with E-state index in [1.54, 1.807) is 25.1 Å². The topological polar surface area (TPSA) is 108 Å². The van der Waals surface area contributed by atoms with Crippen molar-refractivity contribution >= 4 is 23.5 Å². The van der Waals surface area contributed by atoms with Crippen molar-refractivity contribution in [3.63, 3.8) is 0 Å². The summed E-state index contributed by atoms with van der Waals surface area (Å²) < 4.78 is 4.66. The number of nitrogens with zero attached hydrogens (tertiary/aromatic N) is 1. The Hall–Kier alpha value is -2.88. The van der Waals surface area contributed by atoms with E-state index in [-0.39, 0.29) is 17.9 Å². The summed E-state index contributed by atoms with van der Waals surface area (Å²) in [5.41, 5.74) is 0.565. The lowest BCUT2D eigenvalue weighted by molar-refractivity contribution is -0.143. The van der Waals surface area contributed by atoms with Crippen molar-refractivity contribution < 1.29 is 19.1 Å². The number of carbonyl (C=O) groups excluding carboxylic acids is 3. The first kappa shape index (κ1) is 18.2. The van der Waals surface area contributed by atoms with Crippen LogP contribution in [0.25, 0.3) is 0 Å². The smallest absolute Gasteiger partial charge is 0.328 e. The van der Waals surface area contributed by atoms with Crippen LogP contribution in [-0.2, 0) is 14.3 Å². The largest absolute Gasteiger partial charge is 0.467 e. The number of hydrogen-bond acceptors (Lipinski definition) is 5. The second-order valence-electron chi connectivity index (χ2n) is 5.04. The van der Waals surface area contributed by atoms with Crippen LogP contribution in [0.15, 0.2) is 24.3 Å². The molecule has 0 aliphatic carbocycles. The minimum Gasteiger partial charge on any atom is -0.467 e. The molecule has 0 saturated carbocycles. The average Bonchev–Trinajstić information content (AvgIpc) is 2.53. The molecule has 23 heavy (non-hydrogen) atoms. The Morgan fingerprint density at radius 2 is 1.96 bits per heavy atom. The van der Waals surface area contributed by atoms with E-state index in [1.165, 1.54) is 20.1 Å². The Balaban J connectivity index is 2.97. The lowest BCUT2D eigenvalue weighted by atomic mass is 10.0. The molecular formula is C16H19N3O4. The van der Waals surface area contributed by atoms with Crippen LogP contribution in [0.5, 0.6) is 0 Å². The highest BCUT2D eigenvalue weighted by Gasteiger charge is 2.25. The summed E-state index contributed by atoms with van der Waals surface area (Å²) in [6.45, 7) is 2.98. The monoisotopic (exact) mass is 317 g/mol. The normalized spacial score (nSPS) is 12.4. The lowest BCUT2D eigenvalue weighted by Gasteiger charge is -2.18. The number of benzene rings is 1. The molecule has 1 aromatic rings. The van der Waals surface area contributed by atoms with E-state index < -0.39 is 23.8 Å². The Kier molecular flexibility index (Phi) is 6.74. The van der Waals surface area contributed by atoms with Gasteiger partial charge in [-0.2, -0.15) is 5.26 Å². The quantitative estimate of drug-likeness (QED) is 0.772. The van der Waals surface area contributed by atoms with Crippen molar-refractivity contribution in [2.45, 2.75) is 26.3 Å². The van der Waals surface area contributed by atoms with E-state index in [1.807, 2.05) is 6.07 Å². The van der Waals surface area contributed by atoms with Crippen molar-refractivity contribution in [1.29, 1.82) is 5.26 Å². The van der Waals surface area contributed by atoms with E-state index in [4.69, 9.17) is 5.26 Å². The van der Waals surface area contributed by atoms with E-state index in [2.05, 4.69) is 15.4 Å². The first-order valence-corrected chi connectivity index (χ1v) is 7.04. The van der Waals surface area contributed by atoms with Gasteiger partial charge in [0.2, 0.25) is 5.91 Å². The standard InChI is InChI=1S/C16H19N3O4/c1-10(9-17)8-14(16(22)23-3)19-15(21)12-6-4-5-7-13(12)18-11(2)20/h4-7,10,14H,8H2,1-3H3,(H,18,20)(H,19,21)/t10-,14-/m1/s1. The van der Waals surface area contributed by atoms with Crippen LogP contribution in [0, 0.1) is 17.2 Å². The van der Waals surface area contributed by atoms with Crippen LogP contribution < -0.4 is 10.6 Å². The van der Waals surface area contributed by atoms with Crippen LogP contribution in [0.4, 0.5) is 5.69 Å². The van der Waals surface area contributed by atoms with Gasteiger partial charge in [-0.05, 0) is 25.5 Å². The predicted octanol–water partition coefficient (Wildman–Crippen LogP) is 1.47. The molecular weight excluding hydrogens is 298 g/mol. The number of hydrogen-bond donors (Lipinski definition) is 2. The Bertz CT molecular complexity index is 636. The fourth-order valence-corrected chi connectivity index (χ4v) is 1.98. The number of ether oxygens (including phenoxy) is 1. The molecule has 7 heteroatoms. The predicted molar refractivity (Wildman–Crippen MR) is 83.4 cm³/mol. The number of carbonyl (C=O) groups is 3. The van der Waals surface area contributed by atoms with Crippen LogP contribution in [0.2, 0.25) is 0 Å². The Morgan fingerprint density at radius 1 is 1.30 bits per heavy atom. The van der Waals surface area contributed by atoms with Gasteiger partial charge in [-0.15, -0.1) is 0 Å². The second kappa shape index (κ2) is 8.54. The molecule has 1 aromatic carbocycles. The highest BCUT2D eigenvalue weighted by molar-refractivity contribution is 6.04. The summed E-state index contributed by atoms with van der Waals surface area (Å²) in [7, 11) is 1.21. The maximum absolute atomic E-state index is 12.4. The summed E-state index contributed by atoms with van der Waals surface area (Å²) in [4.78, 5) is 35.4. The zero-order chi connectivity index (χ0) is 17.4. The minimum atomic E-state index is -0.937. The first-order valence-electron chi connectivity index (χ1n) is 7.04. The van der Waals surface area contributed by atoms with Crippen molar-refractivity contribution in [1.82, 2.24) is 5.32 Å². The molecule has 0 saturated heterocycles. The van der Waals surface area contributed by atoms with Gasteiger partial charge in [0, 0.05) is 12.8 Å². The van der Waals surface area contributed by atoms with Gasteiger partial charge >= 0.3 is 5.97 Å². The van der Waals surface area contributed by atoms with Crippen molar-refractivity contribution in [3.05, 3.63) is 29.8 Å². The summed E-state index contributed by atoms with van der Waals surface area (Å²) in [5, 5.41) is 14.0. The highest BCUT2D eigenvalue weighted by Crippen LogP contribution is 2.16. The molecule has 0 aliphatic heterocycles. The van der Waals surface area contributed by atoms with Crippen LogP contribution in [0.1, 0.15) is 30.6 Å². The van der Waals surface area contributed by atoms with Crippen LogP contribution in [-0.4, -0.2) is 30.9 Å². The van der Waals surface area contributed by atoms with E-state index >= 15 is 0 Å². The van der Waals surface area contributed by atoms with E-state index in [0.29, 0.717) is 5.69 Å². The zero-order valence-corrected chi connectivity index (χ0v) is 13.3. The molecule has 0 fully saturated rings. The number of nitriles is 1. The summed E-state index contributed by atoms with van der Waals surface area (Å²) in [5.74, 6) is -1.90. The third-order valence-corrected chi connectivity index (χ3v) is 3.08. The van der Waals surface area contributed by atoms with Gasteiger partial charge in [0.1, 0.15) is 6.04 Å². The third kappa shape index (κ3) is 5.43. The molecule has 0 radical (unpaired) electrons. The number of rotatable bonds is 6. The number of nitrogens with one attached hydrogen (secondary N) is 2. The molecule has 2 N–H and O–H groups in total. The molecule has 0 spiro atoms. The molecule has 2 amide bonds. The van der Waals surface area contributed by atoms with Gasteiger partial charge in [0.15, 0.2) is 0 Å². The van der Waals surface area contributed by atoms with E-state index in [0.717, 1.165) is 0 Å². The minimum absolute atomic E-state index is 0.136. The third-order valence-electron chi connectivity index (χ3n) is 3.08. The lowest BCUT2D eigenvalue weighted by Crippen LogP contribution is -2.42. The van der Waals surface area contributed by atoms with Crippen molar-refractivity contribution in [2.75, 3.05) is 12.4 Å². The molecule has 7 nitrogen and oxygen atoms in total. The second-order valence-corrected chi connectivity index (χ2v) is 5.04. The highest BCUT2D eigenvalue weighted by atomic mass is 16.5. The SMILES string of the molecule is COC(=O)[C@@H](C[C@@H](C)C#N)NC(=O)c1ccccc1NC(C)=O. The first-order chi connectivity index (χ1) is 10.9. The maximum atomic E-state index is 12.4. The van der Waals surface area contributed by atoms with Gasteiger partial charge in [-0.3, -0.25) is 9.59 Å². The number of esters is 1. The number of amides is 2. The van der Waals surface area contributed by atoms with Gasteiger partial charge in [0.25, 0.3) is 5.91 Å². The fraction of sp³-hybridized carbons (Fsp3) is 0.375. The number of para-hydroxylation sites is 1. The van der Waals surface area contributed by atoms with Gasteiger partial charge in [0.05, 0.1) is 24.4 Å². The van der Waals surface area contributed by atoms with Crippen LogP contribution in [0.3, 0.4) is 0 Å². The number of anilines is 1. The zero-order valence-electron chi connectivity index (χ0n) is 13.3. The van der Waals surface area contributed by atoms with Crippen molar-refractivity contribution in [3.8, 4) is 6.07 Å². The summed E-state index contributed by atoms with van der Waals surface area (Å²) in [6, 6.07) is 7.51. The van der Waals surface area contributed by atoms with Gasteiger partial charge in [-0.25, -0.2) is 4.79 Å². The molecule has 1 rings (SSSR count). The average molecular weight is 317 g/mol. The molecule has 2 atom stereocenters. The summed E-state index contributed by atoms with van der Waals surface area (Å²) in [6.07, 6.45) is 0.136. The fourth-order valence-electron chi connectivity index (χ4n) is 1.98. The van der Waals surface area contributed by atoms with Crippen molar-refractivity contribution in [2.24, 2.45) is 5.92 Å². The molecule has 122 valence electrons. The molecule has 0 aromatic heterocycles. The van der Waals surface area contributed by atoms with Gasteiger partial charge < -0.3 is 15.4 Å². The van der Waals surface area contributed by atoms with Crippen LogP contribution >= 0.6 is 0 Å². The molecule has 0 bridgehead atoms. The summed E-state index contributed by atoms with van der Waals surface area (Å²) >= 11 is 0.